The zero-order valence-corrected chi connectivity index (χ0v) is 9.93. The largest absolute Gasteiger partial charge is 0.481 e. The van der Waals surface area contributed by atoms with Crippen molar-refractivity contribution in [3.8, 4) is 5.75 Å². The fraction of sp³-hybridized carbons (Fsp3) is 0.214. The molecule has 0 saturated carbocycles. The van der Waals surface area contributed by atoms with E-state index in [1.165, 1.54) is 0 Å². The molecule has 1 aliphatic rings. The van der Waals surface area contributed by atoms with Crippen LogP contribution in [-0.2, 0) is 4.79 Å². The molecule has 3 rings (SSSR count). The van der Waals surface area contributed by atoms with E-state index >= 15 is 0 Å². The molecule has 2 aromatic rings. The van der Waals surface area contributed by atoms with E-state index in [0.29, 0.717) is 13.1 Å². The molecule has 0 aromatic heterocycles. The molecule has 0 bridgehead atoms. The van der Waals surface area contributed by atoms with Crippen molar-refractivity contribution in [2.75, 3.05) is 24.6 Å². The topological polar surface area (TPSA) is 55.6 Å². The van der Waals surface area contributed by atoms with Gasteiger partial charge in [-0.15, -0.1) is 0 Å². The molecule has 1 amide bonds. The zero-order chi connectivity index (χ0) is 12.5. The van der Waals surface area contributed by atoms with E-state index < -0.39 is 0 Å². The van der Waals surface area contributed by atoms with Crippen molar-refractivity contribution < 1.29 is 9.53 Å². The molecule has 2 N–H and O–H groups in total. The molecule has 0 atom stereocenters. The Balaban J connectivity index is 2.19. The molecule has 0 fully saturated rings. The highest BCUT2D eigenvalue weighted by atomic mass is 16.5. The maximum absolute atomic E-state index is 11.8. The molecule has 2 aromatic carbocycles. The summed E-state index contributed by atoms with van der Waals surface area (Å²) < 4.78 is 5.59. The first kappa shape index (κ1) is 11.0. The van der Waals surface area contributed by atoms with Crippen molar-refractivity contribution in [3.05, 3.63) is 36.4 Å². The fourth-order valence-corrected chi connectivity index (χ4v) is 2.32. The number of carbonyl (C=O) groups is 1. The van der Waals surface area contributed by atoms with Gasteiger partial charge in [0.1, 0.15) is 0 Å². The van der Waals surface area contributed by atoms with Crippen molar-refractivity contribution in [1.82, 2.24) is 0 Å². The molecule has 4 heteroatoms. The fourth-order valence-electron chi connectivity index (χ4n) is 2.32. The van der Waals surface area contributed by atoms with Gasteiger partial charge >= 0.3 is 0 Å². The van der Waals surface area contributed by atoms with Gasteiger partial charge in [-0.25, -0.2) is 0 Å². The normalized spacial score (nSPS) is 14.5. The minimum Gasteiger partial charge on any atom is -0.481 e. The Kier molecular flexibility index (Phi) is 2.64. The van der Waals surface area contributed by atoms with Gasteiger partial charge < -0.3 is 15.4 Å². The third kappa shape index (κ3) is 1.62. The van der Waals surface area contributed by atoms with Gasteiger partial charge in [-0.3, -0.25) is 4.79 Å². The number of hydrogen-bond acceptors (Lipinski definition) is 3. The standard InChI is InChI=1S/C14H14N2O2/c15-7-8-16-12-6-5-10-3-1-2-4-11(10)14(12)18-9-13(16)17/h1-6H,7-9,15H2. The monoisotopic (exact) mass is 242 g/mol. The molecule has 0 unspecified atom stereocenters. The van der Waals surface area contributed by atoms with E-state index in [2.05, 4.69) is 0 Å². The number of nitrogens with two attached hydrogens (primary N) is 1. The van der Waals surface area contributed by atoms with Crippen LogP contribution in [0.25, 0.3) is 10.8 Å². The number of amides is 1. The van der Waals surface area contributed by atoms with Crippen molar-refractivity contribution in [3.63, 3.8) is 0 Å². The van der Waals surface area contributed by atoms with Gasteiger partial charge in [-0.05, 0) is 11.5 Å². The minimum atomic E-state index is -0.0387. The van der Waals surface area contributed by atoms with Gasteiger partial charge in [0.25, 0.3) is 5.91 Å². The average Bonchev–Trinajstić information content (AvgIpc) is 2.41. The van der Waals surface area contributed by atoms with E-state index in [1.807, 2.05) is 36.4 Å². The van der Waals surface area contributed by atoms with Crippen molar-refractivity contribution in [2.24, 2.45) is 5.73 Å². The Bertz CT molecular complexity index is 610. The van der Waals surface area contributed by atoms with Gasteiger partial charge in [0.15, 0.2) is 12.4 Å². The number of anilines is 1. The second kappa shape index (κ2) is 4.31. The summed E-state index contributed by atoms with van der Waals surface area (Å²) in [6.45, 7) is 1.05. The Labute approximate surface area is 105 Å². The number of hydrogen-bond donors (Lipinski definition) is 1. The summed E-state index contributed by atoms with van der Waals surface area (Å²) in [5.41, 5.74) is 6.37. The molecule has 0 aliphatic carbocycles. The summed E-state index contributed by atoms with van der Waals surface area (Å²) in [5, 5.41) is 2.14. The quantitative estimate of drug-likeness (QED) is 0.868. The Morgan fingerprint density at radius 2 is 2.06 bits per heavy atom. The van der Waals surface area contributed by atoms with E-state index in [9.17, 15) is 4.79 Å². The van der Waals surface area contributed by atoms with Gasteiger partial charge in [0.2, 0.25) is 0 Å². The van der Waals surface area contributed by atoms with Crippen LogP contribution in [0.5, 0.6) is 5.75 Å². The predicted molar refractivity (Wildman–Crippen MR) is 70.9 cm³/mol. The SMILES string of the molecule is NCCN1C(=O)COc2c1ccc1ccccc21. The smallest absolute Gasteiger partial charge is 0.265 e. The van der Waals surface area contributed by atoms with Crippen LogP contribution >= 0.6 is 0 Å². The minimum absolute atomic E-state index is 0.0387. The lowest BCUT2D eigenvalue weighted by Gasteiger charge is -2.29. The third-order valence-electron chi connectivity index (χ3n) is 3.14. The Morgan fingerprint density at radius 1 is 1.22 bits per heavy atom. The van der Waals surface area contributed by atoms with Crippen LogP contribution in [0.2, 0.25) is 0 Å². The number of fused-ring (bicyclic) bond motifs is 3. The first-order valence-corrected chi connectivity index (χ1v) is 5.96. The number of carbonyl (C=O) groups excluding carboxylic acids is 1. The van der Waals surface area contributed by atoms with E-state index in [-0.39, 0.29) is 12.5 Å². The highest BCUT2D eigenvalue weighted by Gasteiger charge is 2.26. The summed E-state index contributed by atoms with van der Waals surface area (Å²) >= 11 is 0. The van der Waals surface area contributed by atoms with Crippen LogP contribution in [0.4, 0.5) is 5.69 Å². The number of nitrogens with zero attached hydrogens (tertiary/aromatic N) is 1. The summed E-state index contributed by atoms with van der Waals surface area (Å²) in [4.78, 5) is 13.5. The maximum atomic E-state index is 11.8. The van der Waals surface area contributed by atoms with Crippen LogP contribution in [0.1, 0.15) is 0 Å². The summed E-state index contributed by atoms with van der Waals surface area (Å²) in [5.74, 6) is 0.740. The van der Waals surface area contributed by atoms with Gasteiger partial charge in [0, 0.05) is 18.5 Å². The first-order valence-electron chi connectivity index (χ1n) is 5.96. The first-order chi connectivity index (χ1) is 8.81. The Morgan fingerprint density at radius 3 is 2.89 bits per heavy atom. The molecule has 1 heterocycles. The number of benzene rings is 2. The second-order valence-electron chi connectivity index (χ2n) is 4.26. The second-order valence-corrected chi connectivity index (χ2v) is 4.26. The van der Waals surface area contributed by atoms with Crippen LogP contribution < -0.4 is 15.4 Å². The van der Waals surface area contributed by atoms with Crippen LogP contribution in [0.3, 0.4) is 0 Å². The molecule has 1 aliphatic heterocycles. The molecule has 0 radical (unpaired) electrons. The predicted octanol–water partition coefficient (Wildman–Crippen LogP) is 1.52. The van der Waals surface area contributed by atoms with Crippen molar-refractivity contribution >= 4 is 22.4 Å². The lowest BCUT2D eigenvalue weighted by atomic mass is 10.1. The maximum Gasteiger partial charge on any atom is 0.265 e. The summed E-state index contributed by atoms with van der Waals surface area (Å²) in [7, 11) is 0. The molecule has 92 valence electrons. The van der Waals surface area contributed by atoms with Gasteiger partial charge in [0.05, 0.1) is 5.69 Å². The highest BCUT2D eigenvalue weighted by molar-refractivity contribution is 6.03. The number of ether oxygens (including phenoxy) is 1. The van der Waals surface area contributed by atoms with Gasteiger partial charge in [-0.2, -0.15) is 0 Å². The molecular weight excluding hydrogens is 228 g/mol. The Hall–Kier alpha value is -2.07. The summed E-state index contributed by atoms with van der Waals surface area (Å²) in [6, 6.07) is 11.9. The zero-order valence-electron chi connectivity index (χ0n) is 9.93. The molecular formula is C14H14N2O2. The van der Waals surface area contributed by atoms with E-state index in [0.717, 1.165) is 22.2 Å². The third-order valence-corrected chi connectivity index (χ3v) is 3.14. The lowest BCUT2D eigenvalue weighted by Crippen LogP contribution is -2.41. The molecule has 0 spiro atoms. The highest BCUT2D eigenvalue weighted by Crippen LogP contribution is 2.38. The molecule has 0 saturated heterocycles. The van der Waals surface area contributed by atoms with E-state index in [1.54, 1.807) is 4.90 Å². The van der Waals surface area contributed by atoms with Crippen LogP contribution in [0.15, 0.2) is 36.4 Å². The van der Waals surface area contributed by atoms with Crippen molar-refractivity contribution in [2.45, 2.75) is 0 Å². The van der Waals surface area contributed by atoms with Crippen LogP contribution in [-0.4, -0.2) is 25.6 Å². The van der Waals surface area contributed by atoms with Crippen molar-refractivity contribution in [1.29, 1.82) is 0 Å². The summed E-state index contributed by atoms with van der Waals surface area (Å²) in [6.07, 6.45) is 0. The van der Waals surface area contributed by atoms with Gasteiger partial charge in [-0.1, -0.05) is 30.3 Å². The average molecular weight is 242 g/mol. The van der Waals surface area contributed by atoms with E-state index in [4.69, 9.17) is 10.5 Å². The van der Waals surface area contributed by atoms with Crippen LogP contribution in [0, 0.1) is 0 Å². The number of rotatable bonds is 2. The molecule has 4 nitrogen and oxygen atoms in total. The lowest BCUT2D eigenvalue weighted by molar-refractivity contribution is -0.121. The molecule has 18 heavy (non-hydrogen) atoms.